The van der Waals surface area contributed by atoms with Crippen LogP contribution >= 0.6 is 0 Å². The van der Waals surface area contributed by atoms with E-state index < -0.39 is 0 Å². The van der Waals surface area contributed by atoms with Crippen molar-refractivity contribution < 1.29 is 0 Å². The molecule has 2 aliphatic heterocycles. The zero-order chi connectivity index (χ0) is 10.7. The van der Waals surface area contributed by atoms with E-state index in [1.165, 1.54) is 51.9 Å². The van der Waals surface area contributed by atoms with Crippen LogP contribution in [-0.4, -0.2) is 55.6 Å². The Bertz CT molecular complexity index is 189. The van der Waals surface area contributed by atoms with E-state index in [0.29, 0.717) is 6.04 Å². The van der Waals surface area contributed by atoms with Crippen LogP contribution in [0.1, 0.15) is 25.7 Å². The van der Waals surface area contributed by atoms with E-state index in [1.54, 1.807) is 0 Å². The molecule has 0 aromatic rings. The minimum Gasteiger partial charge on any atom is -0.329 e. The summed E-state index contributed by atoms with van der Waals surface area (Å²) in [4.78, 5) is 5.03. The Morgan fingerprint density at radius 2 is 2.07 bits per heavy atom. The summed E-state index contributed by atoms with van der Waals surface area (Å²) in [6, 6.07) is 0.677. The molecule has 2 rings (SSSR count). The van der Waals surface area contributed by atoms with Crippen molar-refractivity contribution in [1.29, 1.82) is 0 Å². The minimum atomic E-state index is 0.677. The quantitative estimate of drug-likeness (QED) is 0.745. The Labute approximate surface area is 93.6 Å². The summed E-state index contributed by atoms with van der Waals surface area (Å²) in [5.41, 5.74) is 5.82. The first-order valence-electron chi connectivity index (χ1n) is 6.42. The fraction of sp³-hybridized carbons (Fsp3) is 1.00. The van der Waals surface area contributed by atoms with E-state index in [-0.39, 0.29) is 0 Å². The molecule has 2 heterocycles. The third-order valence-corrected chi connectivity index (χ3v) is 3.99. The van der Waals surface area contributed by atoms with Gasteiger partial charge in [0, 0.05) is 25.7 Å². The summed E-state index contributed by atoms with van der Waals surface area (Å²) in [6.45, 7) is 6.03. The van der Waals surface area contributed by atoms with E-state index in [4.69, 9.17) is 5.73 Å². The SMILES string of the molecule is CN1CC(CCN2CCCCC2CN)C1. The van der Waals surface area contributed by atoms with Crippen molar-refractivity contribution in [3.05, 3.63) is 0 Å². The van der Waals surface area contributed by atoms with Gasteiger partial charge in [0.25, 0.3) is 0 Å². The van der Waals surface area contributed by atoms with Crippen LogP contribution in [0.4, 0.5) is 0 Å². The van der Waals surface area contributed by atoms with Crippen LogP contribution < -0.4 is 5.73 Å². The fourth-order valence-corrected chi connectivity index (χ4v) is 2.98. The minimum absolute atomic E-state index is 0.677. The van der Waals surface area contributed by atoms with Gasteiger partial charge in [-0.2, -0.15) is 0 Å². The van der Waals surface area contributed by atoms with Crippen molar-refractivity contribution in [2.75, 3.05) is 39.8 Å². The van der Waals surface area contributed by atoms with Crippen molar-refractivity contribution in [3.63, 3.8) is 0 Å². The standard InChI is InChI=1S/C12H25N3/c1-14-9-11(10-14)5-7-15-6-3-2-4-12(15)8-13/h11-12H,2-10,13H2,1H3. The van der Waals surface area contributed by atoms with Gasteiger partial charge in [-0.25, -0.2) is 0 Å². The third-order valence-electron chi connectivity index (χ3n) is 3.99. The van der Waals surface area contributed by atoms with Crippen molar-refractivity contribution in [2.45, 2.75) is 31.7 Å². The van der Waals surface area contributed by atoms with Crippen LogP contribution in [0.2, 0.25) is 0 Å². The van der Waals surface area contributed by atoms with E-state index in [2.05, 4.69) is 16.8 Å². The predicted molar refractivity (Wildman–Crippen MR) is 63.9 cm³/mol. The summed E-state index contributed by atoms with van der Waals surface area (Å²) in [6.07, 6.45) is 5.45. The Morgan fingerprint density at radius 1 is 1.27 bits per heavy atom. The van der Waals surface area contributed by atoms with Gasteiger partial charge in [-0.1, -0.05) is 6.42 Å². The molecule has 0 bridgehead atoms. The second kappa shape index (κ2) is 5.28. The first-order chi connectivity index (χ1) is 7.29. The van der Waals surface area contributed by atoms with Gasteiger partial charge in [-0.3, -0.25) is 4.90 Å². The molecule has 0 aliphatic carbocycles. The molecule has 0 spiro atoms. The molecule has 2 saturated heterocycles. The second-order valence-corrected chi connectivity index (χ2v) is 5.30. The molecule has 15 heavy (non-hydrogen) atoms. The molecule has 1 atom stereocenters. The van der Waals surface area contributed by atoms with Crippen molar-refractivity contribution in [1.82, 2.24) is 9.80 Å². The molecule has 2 N–H and O–H groups in total. The average molecular weight is 211 g/mol. The zero-order valence-electron chi connectivity index (χ0n) is 9.99. The topological polar surface area (TPSA) is 32.5 Å². The number of piperidine rings is 1. The maximum absolute atomic E-state index is 5.82. The fourth-order valence-electron chi connectivity index (χ4n) is 2.98. The largest absolute Gasteiger partial charge is 0.329 e. The van der Waals surface area contributed by atoms with Crippen molar-refractivity contribution in [3.8, 4) is 0 Å². The zero-order valence-corrected chi connectivity index (χ0v) is 9.99. The summed E-state index contributed by atoms with van der Waals surface area (Å²) in [7, 11) is 2.21. The van der Waals surface area contributed by atoms with E-state index in [0.717, 1.165) is 12.5 Å². The van der Waals surface area contributed by atoms with Gasteiger partial charge in [-0.15, -0.1) is 0 Å². The molecular formula is C12H25N3. The van der Waals surface area contributed by atoms with Crippen LogP contribution in [0.5, 0.6) is 0 Å². The highest BCUT2D eigenvalue weighted by Gasteiger charge is 2.26. The van der Waals surface area contributed by atoms with E-state index in [9.17, 15) is 0 Å². The molecule has 0 aromatic carbocycles. The number of nitrogens with two attached hydrogens (primary N) is 1. The average Bonchev–Trinajstić information content (AvgIpc) is 2.23. The maximum Gasteiger partial charge on any atom is 0.0218 e. The van der Waals surface area contributed by atoms with Crippen LogP contribution in [0.25, 0.3) is 0 Å². The first kappa shape index (κ1) is 11.4. The number of likely N-dealkylation sites (tertiary alicyclic amines) is 2. The van der Waals surface area contributed by atoms with Gasteiger partial charge in [0.1, 0.15) is 0 Å². The number of rotatable bonds is 4. The number of hydrogen-bond acceptors (Lipinski definition) is 3. The van der Waals surface area contributed by atoms with Gasteiger partial charge >= 0.3 is 0 Å². The monoisotopic (exact) mass is 211 g/mol. The highest BCUT2D eigenvalue weighted by Crippen LogP contribution is 2.21. The Morgan fingerprint density at radius 3 is 2.73 bits per heavy atom. The Hall–Kier alpha value is -0.120. The molecule has 0 aromatic heterocycles. The molecule has 2 aliphatic rings. The smallest absolute Gasteiger partial charge is 0.0218 e. The molecule has 2 fully saturated rings. The second-order valence-electron chi connectivity index (χ2n) is 5.30. The number of hydrogen-bond donors (Lipinski definition) is 1. The highest BCUT2D eigenvalue weighted by atomic mass is 15.2. The molecule has 3 heteroatoms. The highest BCUT2D eigenvalue weighted by molar-refractivity contribution is 4.81. The van der Waals surface area contributed by atoms with Gasteiger partial charge in [0.05, 0.1) is 0 Å². The molecule has 0 amide bonds. The molecule has 0 radical (unpaired) electrons. The summed E-state index contributed by atoms with van der Waals surface area (Å²) < 4.78 is 0. The summed E-state index contributed by atoms with van der Waals surface area (Å²) >= 11 is 0. The maximum atomic E-state index is 5.82. The molecule has 1 unspecified atom stereocenters. The summed E-state index contributed by atoms with van der Waals surface area (Å²) in [5, 5.41) is 0. The lowest BCUT2D eigenvalue weighted by Gasteiger charge is -2.40. The van der Waals surface area contributed by atoms with Gasteiger partial charge in [-0.05, 0) is 45.3 Å². The Balaban J connectivity index is 1.68. The lowest BCUT2D eigenvalue weighted by Crippen LogP contribution is -2.48. The van der Waals surface area contributed by atoms with Crippen LogP contribution in [-0.2, 0) is 0 Å². The van der Waals surface area contributed by atoms with Crippen molar-refractivity contribution in [2.24, 2.45) is 11.7 Å². The first-order valence-corrected chi connectivity index (χ1v) is 6.42. The normalized spacial score (nSPS) is 30.4. The summed E-state index contributed by atoms with van der Waals surface area (Å²) in [5.74, 6) is 0.954. The van der Waals surface area contributed by atoms with Gasteiger partial charge < -0.3 is 10.6 Å². The van der Waals surface area contributed by atoms with Crippen LogP contribution in [0, 0.1) is 5.92 Å². The Kier molecular flexibility index (Phi) is 4.00. The van der Waals surface area contributed by atoms with Gasteiger partial charge in [0.2, 0.25) is 0 Å². The van der Waals surface area contributed by atoms with E-state index in [1.807, 2.05) is 0 Å². The lowest BCUT2D eigenvalue weighted by atomic mass is 9.95. The third kappa shape index (κ3) is 2.92. The van der Waals surface area contributed by atoms with E-state index >= 15 is 0 Å². The van der Waals surface area contributed by atoms with Gasteiger partial charge in [0.15, 0.2) is 0 Å². The molecule has 88 valence electrons. The van der Waals surface area contributed by atoms with Crippen molar-refractivity contribution >= 4 is 0 Å². The number of nitrogens with zero attached hydrogens (tertiary/aromatic N) is 2. The predicted octanol–water partition coefficient (Wildman–Crippen LogP) is 0.751. The molecule has 3 nitrogen and oxygen atoms in total. The van der Waals surface area contributed by atoms with Crippen LogP contribution in [0.15, 0.2) is 0 Å². The van der Waals surface area contributed by atoms with Crippen LogP contribution in [0.3, 0.4) is 0 Å². The lowest BCUT2D eigenvalue weighted by molar-refractivity contribution is 0.0909. The molecular weight excluding hydrogens is 186 g/mol. The molecule has 0 saturated carbocycles.